The number of thiophene rings is 1. The third kappa shape index (κ3) is 2.75. The molecule has 0 unspecified atom stereocenters. The molecule has 2 aromatic heterocycles. The topological polar surface area (TPSA) is 68.0 Å². The Labute approximate surface area is 140 Å². The van der Waals surface area contributed by atoms with Gasteiger partial charge in [0.25, 0.3) is 5.91 Å². The van der Waals surface area contributed by atoms with Crippen LogP contribution in [0.1, 0.15) is 15.4 Å². The number of nitrogens with zero attached hydrogens (tertiary/aromatic N) is 1. The van der Waals surface area contributed by atoms with Crippen LogP contribution < -0.4 is 11.1 Å². The van der Waals surface area contributed by atoms with Crippen molar-refractivity contribution in [3.8, 4) is 0 Å². The first-order valence-corrected chi connectivity index (χ1v) is 7.95. The van der Waals surface area contributed by atoms with Crippen molar-refractivity contribution in [2.75, 3.05) is 11.1 Å². The zero-order chi connectivity index (χ0) is 15.9. The van der Waals surface area contributed by atoms with Gasteiger partial charge in [0.2, 0.25) is 0 Å². The molecule has 22 heavy (non-hydrogen) atoms. The number of aryl methyl sites for hydroxylation is 1. The highest BCUT2D eigenvalue weighted by Gasteiger charge is 2.17. The van der Waals surface area contributed by atoms with Gasteiger partial charge in [-0.25, -0.2) is 4.98 Å². The SMILES string of the molecule is Cc1ccc2c(N)c(C(=O)Nc3ccc(Cl)c(Cl)c3)sc2n1. The predicted molar refractivity (Wildman–Crippen MR) is 93.2 cm³/mol. The van der Waals surface area contributed by atoms with Gasteiger partial charge < -0.3 is 11.1 Å². The van der Waals surface area contributed by atoms with Crippen LogP contribution in [0.15, 0.2) is 30.3 Å². The van der Waals surface area contributed by atoms with Gasteiger partial charge in [-0.3, -0.25) is 4.79 Å². The first kappa shape index (κ1) is 15.1. The summed E-state index contributed by atoms with van der Waals surface area (Å²) in [5.41, 5.74) is 7.93. The summed E-state index contributed by atoms with van der Waals surface area (Å²) in [6.45, 7) is 1.89. The number of hydrogen-bond acceptors (Lipinski definition) is 4. The quantitative estimate of drug-likeness (QED) is 0.700. The number of carbonyl (C=O) groups excluding carboxylic acids is 1. The second kappa shape index (κ2) is 5.76. The number of pyridine rings is 1. The highest BCUT2D eigenvalue weighted by molar-refractivity contribution is 7.21. The van der Waals surface area contributed by atoms with Gasteiger partial charge in [-0.15, -0.1) is 11.3 Å². The van der Waals surface area contributed by atoms with Gasteiger partial charge in [0.15, 0.2) is 0 Å². The molecule has 0 saturated carbocycles. The van der Waals surface area contributed by atoms with Crippen LogP contribution in [0.4, 0.5) is 11.4 Å². The van der Waals surface area contributed by atoms with Crippen molar-refractivity contribution in [2.45, 2.75) is 6.92 Å². The molecule has 2 heterocycles. The molecular weight excluding hydrogens is 341 g/mol. The lowest BCUT2D eigenvalue weighted by Gasteiger charge is -2.05. The van der Waals surface area contributed by atoms with Crippen LogP contribution in [0.25, 0.3) is 10.2 Å². The molecule has 0 fully saturated rings. The molecule has 1 aromatic carbocycles. The zero-order valence-corrected chi connectivity index (χ0v) is 13.8. The van der Waals surface area contributed by atoms with Crippen molar-refractivity contribution < 1.29 is 4.79 Å². The van der Waals surface area contributed by atoms with Crippen molar-refractivity contribution in [1.29, 1.82) is 0 Å². The normalized spacial score (nSPS) is 10.9. The van der Waals surface area contributed by atoms with E-state index in [2.05, 4.69) is 10.3 Å². The largest absolute Gasteiger partial charge is 0.397 e. The number of amides is 1. The van der Waals surface area contributed by atoms with E-state index in [4.69, 9.17) is 28.9 Å². The molecule has 0 bridgehead atoms. The van der Waals surface area contributed by atoms with Gasteiger partial charge >= 0.3 is 0 Å². The number of rotatable bonds is 2. The molecule has 3 rings (SSSR count). The van der Waals surface area contributed by atoms with Gasteiger partial charge in [-0.1, -0.05) is 23.2 Å². The van der Waals surface area contributed by atoms with Gasteiger partial charge in [0, 0.05) is 16.8 Å². The molecule has 1 amide bonds. The highest BCUT2D eigenvalue weighted by Crippen LogP contribution is 2.33. The van der Waals surface area contributed by atoms with Gasteiger partial charge in [-0.2, -0.15) is 0 Å². The van der Waals surface area contributed by atoms with Crippen molar-refractivity contribution in [3.05, 3.63) is 50.9 Å². The Kier molecular flexibility index (Phi) is 3.95. The van der Waals surface area contributed by atoms with Crippen LogP contribution in [-0.2, 0) is 0 Å². The zero-order valence-electron chi connectivity index (χ0n) is 11.5. The van der Waals surface area contributed by atoms with E-state index in [1.807, 2.05) is 19.1 Å². The molecule has 0 aliphatic rings. The predicted octanol–water partition coefficient (Wildman–Crippen LogP) is 4.75. The smallest absolute Gasteiger partial charge is 0.267 e. The number of nitrogen functional groups attached to an aromatic ring is 1. The Morgan fingerprint density at radius 2 is 2.00 bits per heavy atom. The fourth-order valence-corrected chi connectivity index (χ4v) is 3.35. The second-order valence-electron chi connectivity index (χ2n) is 4.73. The Hall–Kier alpha value is -1.82. The van der Waals surface area contributed by atoms with E-state index in [1.165, 1.54) is 11.3 Å². The lowest BCUT2D eigenvalue weighted by Crippen LogP contribution is -2.11. The molecule has 0 saturated heterocycles. The molecule has 3 aromatic rings. The number of halogens is 2. The summed E-state index contributed by atoms with van der Waals surface area (Å²) < 4.78 is 0. The monoisotopic (exact) mass is 351 g/mol. The minimum absolute atomic E-state index is 0.295. The van der Waals surface area contributed by atoms with Crippen molar-refractivity contribution in [3.63, 3.8) is 0 Å². The Morgan fingerprint density at radius 1 is 1.23 bits per heavy atom. The van der Waals surface area contributed by atoms with Crippen molar-refractivity contribution in [1.82, 2.24) is 4.98 Å². The number of hydrogen-bond donors (Lipinski definition) is 2. The number of aromatic nitrogens is 1. The molecule has 0 aliphatic carbocycles. The second-order valence-corrected chi connectivity index (χ2v) is 6.55. The van der Waals surface area contributed by atoms with Crippen molar-refractivity contribution >= 4 is 62.0 Å². The van der Waals surface area contributed by atoms with E-state index in [-0.39, 0.29) is 5.91 Å². The molecule has 0 radical (unpaired) electrons. The maximum Gasteiger partial charge on any atom is 0.267 e. The van der Waals surface area contributed by atoms with E-state index in [0.717, 1.165) is 15.9 Å². The van der Waals surface area contributed by atoms with Crippen LogP contribution in [0.2, 0.25) is 10.0 Å². The van der Waals surface area contributed by atoms with Crippen LogP contribution in [-0.4, -0.2) is 10.9 Å². The molecule has 0 aliphatic heterocycles. The molecular formula is C15H11Cl2N3OS. The number of anilines is 2. The number of fused-ring (bicyclic) bond motifs is 1. The fourth-order valence-electron chi connectivity index (χ4n) is 2.02. The number of nitrogens with one attached hydrogen (secondary N) is 1. The lowest BCUT2D eigenvalue weighted by atomic mass is 10.2. The summed E-state index contributed by atoms with van der Waals surface area (Å²) in [6, 6.07) is 8.63. The summed E-state index contributed by atoms with van der Waals surface area (Å²) >= 11 is 13.1. The number of benzene rings is 1. The standard InChI is InChI=1S/C15H11Cl2N3OS/c1-7-2-4-9-12(18)13(22-15(9)19-7)14(21)20-8-3-5-10(16)11(17)6-8/h2-6H,18H2,1H3,(H,20,21). The van der Waals surface area contributed by atoms with Crippen LogP contribution in [0, 0.1) is 6.92 Å². The van der Waals surface area contributed by atoms with Gasteiger partial charge in [-0.05, 0) is 37.3 Å². The summed E-state index contributed by atoms with van der Waals surface area (Å²) in [7, 11) is 0. The first-order chi connectivity index (χ1) is 10.5. The molecule has 112 valence electrons. The van der Waals surface area contributed by atoms with Crippen LogP contribution in [0.3, 0.4) is 0 Å². The summed E-state index contributed by atoms with van der Waals surface area (Å²) in [4.78, 5) is 18.0. The minimum atomic E-state index is -0.295. The third-order valence-electron chi connectivity index (χ3n) is 3.12. The molecule has 3 N–H and O–H groups in total. The summed E-state index contributed by atoms with van der Waals surface area (Å²) in [5, 5.41) is 4.36. The maximum absolute atomic E-state index is 12.4. The van der Waals surface area contributed by atoms with Crippen molar-refractivity contribution in [2.24, 2.45) is 0 Å². The van der Waals surface area contributed by atoms with Gasteiger partial charge in [0.05, 0.1) is 15.7 Å². The molecule has 0 spiro atoms. The first-order valence-electron chi connectivity index (χ1n) is 6.37. The van der Waals surface area contributed by atoms with E-state index < -0.39 is 0 Å². The van der Waals surface area contributed by atoms with E-state index in [1.54, 1.807) is 18.2 Å². The van der Waals surface area contributed by atoms with E-state index in [0.29, 0.717) is 26.3 Å². The lowest BCUT2D eigenvalue weighted by molar-refractivity contribution is 0.103. The third-order valence-corrected chi connectivity index (χ3v) is 4.97. The number of nitrogens with two attached hydrogens (primary N) is 1. The minimum Gasteiger partial charge on any atom is -0.397 e. The van der Waals surface area contributed by atoms with E-state index in [9.17, 15) is 4.79 Å². The molecule has 7 heteroatoms. The van der Waals surface area contributed by atoms with Crippen LogP contribution >= 0.6 is 34.5 Å². The average molecular weight is 352 g/mol. The fraction of sp³-hybridized carbons (Fsp3) is 0.0667. The Bertz CT molecular complexity index is 892. The average Bonchev–Trinajstić information content (AvgIpc) is 2.79. The maximum atomic E-state index is 12.4. The summed E-state index contributed by atoms with van der Waals surface area (Å²) in [5.74, 6) is -0.295. The number of carbonyl (C=O) groups is 1. The molecule has 4 nitrogen and oxygen atoms in total. The highest BCUT2D eigenvalue weighted by atomic mass is 35.5. The Balaban J connectivity index is 1.94. The van der Waals surface area contributed by atoms with Crippen LogP contribution in [0.5, 0.6) is 0 Å². The van der Waals surface area contributed by atoms with Gasteiger partial charge in [0.1, 0.15) is 9.71 Å². The molecule has 0 atom stereocenters. The Morgan fingerprint density at radius 3 is 2.73 bits per heavy atom. The van der Waals surface area contributed by atoms with E-state index >= 15 is 0 Å². The summed E-state index contributed by atoms with van der Waals surface area (Å²) in [6.07, 6.45) is 0.